The molecule has 0 aliphatic heterocycles. The van der Waals surface area contributed by atoms with E-state index in [9.17, 15) is 4.79 Å². The molecular weight excluding hydrogens is 428 g/mol. The standard InChI is InChI=1S/C27H30N4O3/c1-6-18-15-33-24-11-10-20(13-22(18)24)23-14-25(31-17(3)30-23)29-16(2)19-8-7-9-21(12-19)34-27(4,5)26(28)32/h7-16H,6H2,1-5H3,(H2,28,32)(H,29,30,31). The highest BCUT2D eigenvalue weighted by atomic mass is 16.5. The van der Waals surface area contributed by atoms with Crippen molar-refractivity contribution >= 4 is 22.7 Å². The summed E-state index contributed by atoms with van der Waals surface area (Å²) in [5, 5.41) is 4.57. The van der Waals surface area contributed by atoms with Crippen LogP contribution in [0, 0.1) is 6.92 Å². The number of nitrogens with one attached hydrogen (secondary N) is 1. The Bertz CT molecular complexity index is 1340. The summed E-state index contributed by atoms with van der Waals surface area (Å²) in [7, 11) is 0. The summed E-state index contributed by atoms with van der Waals surface area (Å²) in [6.45, 7) is 9.34. The number of fused-ring (bicyclic) bond motifs is 1. The fraction of sp³-hybridized carbons (Fsp3) is 0.296. The van der Waals surface area contributed by atoms with Gasteiger partial charge in [-0.05, 0) is 75.6 Å². The number of hydrogen-bond donors (Lipinski definition) is 2. The molecule has 0 bridgehead atoms. The Balaban J connectivity index is 1.58. The molecule has 1 amide bonds. The maximum absolute atomic E-state index is 11.6. The number of furan rings is 1. The summed E-state index contributed by atoms with van der Waals surface area (Å²) in [6, 6.07) is 15.6. The van der Waals surface area contributed by atoms with E-state index in [4.69, 9.17) is 14.9 Å². The predicted octanol–water partition coefficient (Wildman–Crippen LogP) is 5.58. The van der Waals surface area contributed by atoms with E-state index >= 15 is 0 Å². The Morgan fingerprint density at radius 2 is 1.97 bits per heavy atom. The Morgan fingerprint density at radius 3 is 2.71 bits per heavy atom. The first-order valence-corrected chi connectivity index (χ1v) is 11.4. The number of nitrogens with two attached hydrogens (primary N) is 1. The van der Waals surface area contributed by atoms with Crippen LogP contribution in [-0.4, -0.2) is 21.5 Å². The summed E-state index contributed by atoms with van der Waals surface area (Å²) >= 11 is 0. The molecule has 0 aliphatic carbocycles. The average Bonchev–Trinajstić information content (AvgIpc) is 3.21. The van der Waals surface area contributed by atoms with Gasteiger partial charge in [0.1, 0.15) is 23.0 Å². The molecule has 34 heavy (non-hydrogen) atoms. The number of aromatic nitrogens is 2. The second-order valence-electron chi connectivity index (χ2n) is 8.93. The second kappa shape index (κ2) is 9.17. The van der Waals surface area contributed by atoms with Gasteiger partial charge in [0.15, 0.2) is 5.60 Å². The van der Waals surface area contributed by atoms with Gasteiger partial charge >= 0.3 is 0 Å². The number of hydrogen-bond acceptors (Lipinski definition) is 6. The molecule has 4 rings (SSSR count). The molecule has 2 aromatic heterocycles. The average molecular weight is 459 g/mol. The van der Waals surface area contributed by atoms with Crippen LogP contribution in [0.3, 0.4) is 0 Å². The third-order valence-corrected chi connectivity index (χ3v) is 5.86. The first kappa shape index (κ1) is 23.3. The molecule has 176 valence electrons. The van der Waals surface area contributed by atoms with E-state index in [1.54, 1.807) is 13.8 Å². The first-order chi connectivity index (χ1) is 16.2. The largest absolute Gasteiger partial charge is 0.478 e. The van der Waals surface area contributed by atoms with Gasteiger partial charge in [-0.2, -0.15) is 0 Å². The predicted molar refractivity (Wildman–Crippen MR) is 134 cm³/mol. The molecule has 4 aromatic rings. The lowest BCUT2D eigenvalue weighted by molar-refractivity contribution is -0.130. The monoisotopic (exact) mass is 458 g/mol. The van der Waals surface area contributed by atoms with Gasteiger partial charge in [-0.15, -0.1) is 0 Å². The molecule has 1 unspecified atom stereocenters. The zero-order valence-electron chi connectivity index (χ0n) is 20.2. The van der Waals surface area contributed by atoms with Gasteiger partial charge in [-0.3, -0.25) is 4.79 Å². The molecule has 0 radical (unpaired) electrons. The van der Waals surface area contributed by atoms with Crippen LogP contribution >= 0.6 is 0 Å². The van der Waals surface area contributed by atoms with E-state index in [-0.39, 0.29) is 6.04 Å². The third kappa shape index (κ3) is 4.88. The summed E-state index contributed by atoms with van der Waals surface area (Å²) in [4.78, 5) is 20.9. The lowest BCUT2D eigenvalue weighted by Gasteiger charge is -2.23. The summed E-state index contributed by atoms with van der Waals surface area (Å²) in [5.41, 5.74) is 9.23. The summed E-state index contributed by atoms with van der Waals surface area (Å²) in [5.74, 6) is 1.46. The molecule has 0 saturated carbocycles. The van der Waals surface area contributed by atoms with Gasteiger partial charge in [-0.25, -0.2) is 9.97 Å². The lowest BCUT2D eigenvalue weighted by Crippen LogP contribution is -2.43. The minimum absolute atomic E-state index is 0.0644. The van der Waals surface area contributed by atoms with Gasteiger partial charge in [0.25, 0.3) is 5.91 Å². The van der Waals surface area contributed by atoms with Crippen molar-refractivity contribution < 1.29 is 13.9 Å². The number of rotatable bonds is 8. The van der Waals surface area contributed by atoms with E-state index in [2.05, 4.69) is 28.3 Å². The van der Waals surface area contributed by atoms with Gasteiger partial charge in [-0.1, -0.05) is 19.1 Å². The summed E-state index contributed by atoms with van der Waals surface area (Å²) < 4.78 is 11.5. The number of aryl methyl sites for hydroxylation is 2. The number of benzene rings is 2. The van der Waals surface area contributed by atoms with Crippen molar-refractivity contribution in [2.45, 2.75) is 52.7 Å². The van der Waals surface area contributed by atoms with Crippen LogP contribution in [0.2, 0.25) is 0 Å². The van der Waals surface area contributed by atoms with Crippen molar-refractivity contribution in [2.75, 3.05) is 5.32 Å². The van der Waals surface area contributed by atoms with Crippen molar-refractivity contribution in [2.24, 2.45) is 5.73 Å². The quantitative estimate of drug-likeness (QED) is 0.357. The van der Waals surface area contributed by atoms with Crippen LogP contribution in [0.15, 0.2) is 59.2 Å². The van der Waals surface area contributed by atoms with Crippen LogP contribution in [0.5, 0.6) is 5.75 Å². The van der Waals surface area contributed by atoms with Crippen molar-refractivity contribution in [3.63, 3.8) is 0 Å². The second-order valence-corrected chi connectivity index (χ2v) is 8.93. The maximum Gasteiger partial charge on any atom is 0.261 e. The number of amides is 1. The fourth-order valence-electron chi connectivity index (χ4n) is 3.80. The van der Waals surface area contributed by atoms with Gasteiger partial charge < -0.3 is 20.2 Å². The smallest absolute Gasteiger partial charge is 0.261 e. The van der Waals surface area contributed by atoms with Crippen molar-refractivity contribution in [3.8, 4) is 17.0 Å². The fourth-order valence-corrected chi connectivity index (χ4v) is 3.80. The molecule has 2 heterocycles. The first-order valence-electron chi connectivity index (χ1n) is 11.4. The number of anilines is 1. The topological polar surface area (TPSA) is 103 Å². The van der Waals surface area contributed by atoms with Crippen molar-refractivity contribution in [3.05, 3.63) is 71.7 Å². The van der Waals surface area contributed by atoms with E-state index in [0.29, 0.717) is 11.6 Å². The minimum Gasteiger partial charge on any atom is -0.478 e. The highest BCUT2D eigenvalue weighted by molar-refractivity contribution is 5.86. The Kier molecular flexibility index (Phi) is 6.28. The Labute approximate surface area is 199 Å². The third-order valence-electron chi connectivity index (χ3n) is 5.86. The number of ether oxygens (including phenoxy) is 1. The van der Waals surface area contributed by atoms with Gasteiger partial charge in [0.2, 0.25) is 0 Å². The highest BCUT2D eigenvalue weighted by Gasteiger charge is 2.27. The number of carbonyl (C=O) groups excluding carboxylic acids is 1. The van der Waals surface area contributed by atoms with Gasteiger partial charge in [0, 0.05) is 17.0 Å². The zero-order valence-corrected chi connectivity index (χ0v) is 20.2. The van der Waals surface area contributed by atoms with Crippen LogP contribution in [-0.2, 0) is 11.2 Å². The van der Waals surface area contributed by atoms with E-state index in [1.807, 2.05) is 62.6 Å². The molecule has 0 saturated heterocycles. The van der Waals surface area contributed by atoms with Crippen molar-refractivity contribution in [1.82, 2.24) is 9.97 Å². The van der Waals surface area contributed by atoms with Crippen LogP contribution in [0.4, 0.5) is 5.82 Å². The molecule has 7 nitrogen and oxygen atoms in total. The molecule has 2 aromatic carbocycles. The van der Waals surface area contributed by atoms with E-state index in [1.165, 1.54) is 5.56 Å². The molecule has 0 aliphatic rings. The van der Waals surface area contributed by atoms with Gasteiger partial charge in [0.05, 0.1) is 18.0 Å². The van der Waals surface area contributed by atoms with Crippen LogP contribution in [0.1, 0.15) is 50.7 Å². The summed E-state index contributed by atoms with van der Waals surface area (Å²) in [6.07, 6.45) is 2.72. The molecule has 3 N–H and O–H groups in total. The molecular formula is C27H30N4O3. The van der Waals surface area contributed by atoms with Crippen LogP contribution in [0.25, 0.3) is 22.2 Å². The minimum atomic E-state index is -1.10. The number of primary amides is 1. The van der Waals surface area contributed by atoms with Crippen LogP contribution < -0.4 is 15.8 Å². The number of carbonyl (C=O) groups is 1. The highest BCUT2D eigenvalue weighted by Crippen LogP contribution is 2.30. The molecule has 7 heteroatoms. The van der Waals surface area contributed by atoms with E-state index in [0.717, 1.165) is 40.0 Å². The number of nitrogens with zero attached hydrogens (tertiary/aromatic N) is 2. The SMILES string of the molecule is CCc1coc2ccc(-c3cc(NC(C)c4cccc(OC(C)(C)C(N)=O)c4)nc(C)n3)cc12. The Morgan fingerprint density at radius 1 is 1.18 bits per heavy atom. The van der Waals surface area contributed by atoms with E-state index < -0.39 is 11.5 Å². The molecule has 0 spiro atoms. The lowest BCUT2D eigenvalue weighted by atomic mass is 10.1. The molecule has 1 atom stereocenters. The Hall–Kier alpha value is -3.87. The normalized spacial score (nSPS) is 12.5. The molecule has 0 fully saturated rings. The zero-order chi connectivity index (χ0) is 24.5. The van der Waals surface area contributed by atoms with Crippen molar-refractivity contribution in [1.29, 1.82) is 0 Å². The maximum atomic E-state index is 11.6.